The van der Waals surface area contributed by atoms with Gasteiger partial charge in [-0.25, -0.2) is 21.2 Å². The average Bonchev–Trinajstić information content (AvgIpc) is 2.70. The molecule has 0 fully saturated rings. The molecule has 3 rings (SSSR count). The average molecular weight is 368 g/mol. The molecule has 1 aliphatic heterocycles. The molecule has 1 N–H and O–H groups in total. The second-order valence-corrected chi connectivity index (χ2v) is 9.59. The maximum Gasteiger partial charge on any atom is 0.346 e. The molecule has 0 aromatic heterocycles. The number of alkyl halides is 1. The van der Waals surface area contributed by atoms with Crippen molar-refractivity contribution in [3.63, 3.8) is 0 Å². The Bertz CT molecular complexity index is 958. The molecular weight excluding hydrogens is 355 g/mol. The number of aliphatic hydroxyl groups excluding tert-OH is 1. The Balaban J connectivity index is 2.12. The molecule has 0 amide bonds. The van der Waals surface area contributed by atoms with E-state index < -0.39 is 39.9 Å². The largest absolute Gasteiger partial charge is 0.383 e. The smallest absolute Gasteiger partial charge is 0.346 e. The van der Waals surface area contributed by atoms with Crippen LogP contribution in [-0.4, -0.2) is 32.4 Å². The maximum absolute atomic E-state index is 15.3. The first-order valence-electron chi connectivity index (χ1n) is 6.91. The second kappa shape index (κ2) is 5.51. The third kappa shape index (κ3) is 2.14. The summed E-state index contributed by atoms with van der Waals surface area (Å²) in [5.74, 6) is 0. The zero-order chi connectivity index (χ0) is 17.6. The van der Waals surface area contributed by atoms with E-state index in [9.17, 15) is 21.9 Å². The lowest BCUT2D eigenvalue weighted by Gasteiger charge is -2.21. The number of aliphatic hydroxyl groups is 1. The van der Waals surface area contributed by atoms with Crippen molar-refractivity contribution in [2.75, 3.05) is 0 Å². The van der Waals surface area contributed by atoms with Gasteiger partial charge in [0.1, 0.15) is 6.10 Å². The highest BCUT2D eigenvalue weighted by Gasteiger charge is 2.67. The summed E-state index contributed by atoms with van der Waals surface area (Å²) in [6, 6.07) is 13.0. The minimum absolute atomic E-state index is 0.561. The quantitative estimate of drug-likeness (QED) is 0.894. The fraction of sp³-hybridized carbons (Fsp3) is 0.125. The molecule has 5 nitrogen and oxygen atoms in total. The van der Waals surface area contributed by atoms with Crippen molar-refractivity contribution in [3.05, 3.63) is 66.2 Å². The Kier molecular flexibility index (Phi) is 3.86. The van der Waals surface area contributed by atoms with Gasteiger partial charge in [0.05, 0.1) is 9.79 Å². The molecule has 0 unspecified atom stereocenters. The zero-order valence-corrected chi connectivity index (χ0v) is 13.8. The fourth-order valence-corrected chi connectivity index (χ4v) is 7.46. The highest BCUT2D eigenvalue weighted by atomic mass is 32.3. The Morgan fingerprint density at radius 2 is 1.33 bits per heavy atom. The van der Waals surface area contributed by atoms with Gasteiger partial charge in [-0.3, -0.25) is 0 Å². The van der Waals surface area contributed by atoms with Gasteiger partial charge < -0.3 is 5.11 Å². The molecule has 126 valence electrons. The van der Waals surface area contributed by atoms with Crippen molar-refractivity contribution in [1.29, 1.82) is 0 Å². The molecule has 0 saturated heterocycles. The van der Waals surface area contributed by atoms with E-state index in [0.29, 0.717) is 5.56 Å². The normalized spacial score (nSPS) is 21.4. The molecule has 0 aliphatic carbocycles. The van der Waals surface area contributed by atoms with Crippen LogP contribution in [0.2, 0.25) is 0 Å². The summed E-state index contributed by atoms with van der Waals surface area (Å²) in [5, 5.41) is 10.1. The zero-order valence-electron chi connectivity index (χ0n) is 12.2. The molecule has 24 heavy (non-hydrogen) atoms. The number of benzene rings is 2. The molecule has 2 aromatic rings. The molecule has 0 spiro atoms. The number of sulfone groups is 2. The van der Waals surface area contributed by atoms with Crippen molar-refractivity contribution < 1.29 is 26.3 Å². The molecular formula is C16H13FO5S2. The Labute approximate surface area is 138 Å². The molecule has 8 heteroatoms. The topological polar surface area (TPSA) is 88.5 Å². The lowest BCUT2D eigenvalue weighted by molar-refractivity contribution is 0.136. The lowest BCUT2D eigenvalue weighted by Crippen LogP contribution is -2.46. The van der Waals surface area contributed by atoms with Crippen molar-refractivity contribution in [2.45, 2.75) is 20.2 Å². The van der Waals surface area contributed by atoms with E-state index in [1.54, 1.807) is 30.3 Å². The van der Waals surface area contributed by atoms with Crippen molar-refractivity contribution in [2.24, 2.45) is 0 Å². The van der Waals surface area contributed by atoms with Gasteiger partial charge in [-0.15, -0.1) is 0 Å². The molecule has 0 bridgehead atoms. The van der Waals surface area contributed by atoms with Crippen LogP contribution in [0.4, 0.5) is 4.39 Å². The van der Waals surface area contributed by atoms with E-state index in [2.05, 4.69) is 0 Å². The number of hydrogen-bond acceptors (Lipinski definition) is 5. The van der Waals surface area contributed by atoms with E-state index >= 15 is 4.39 Å². The Morgan fingerprint density at radius 1 is 0.875 bits per heavy atom. The summed E-state index contributed by atoms with van der Waals surface area (Å²) < 4.78 is 61.1. The van der Waals surface area contributed by atoms with Crippen molar-refractivity contribution in [1.82, 2.24) is 0 Å². The van der Waals surface area contributed by atoms with Gasteiger partial charge in [-0.1, -0.05) is 54.6 Å². The first-order valence-corrected chi connectivity index (χ1v) is 9.88. The standard InChI is InChI=1S/C16H13FO5S2/c17-16(15(18)11-10-12-6-2-1-3-7-12)23(19,20)13-8-4-5-9-14(13)24(16,21)22/h1-11,15,18H/b11-10+/t15-/m0/s1. The minimum atomic E-state index is -4.91. The number of hydrogen-bond donors (Lipinski definition) is 1. The Hall–Kier alpha value is -2.03. The van der Waals surface area contributed by atoms with Gasteiger partial charge in [0.2, 0.25) is 19.7 Å². The van der Waals surface area contributed by atoms with Gasteiger partial charge in [0.25, 0.3) is 0 Å². The molecule has 1 atom stereocenters. The maximum atomic E-state index is 15.3. The predicted octanol–water partition coefficient (Wildman–Crippen LogP) is 1.95. The van der Waals surface area contributed by atoms with E-state index in [0.717, 1.165) is 18.2 Å². The highest BCUT2D eigenvalue weighted by Crippen LogP contribution is 2.48. The van der Waals surface area contributed by atoms with Gasteiger partial charge in [-0.05, 0) is 17.7 Å². The third-order valence-electron chi connectivity index (χ3n) is 3.78. The van der Waals surface area contributed by atoms with Crippen LogP contribution >= 0.6 is 0 Å². The molecule has 1 aliphatic rings. The second-order valence-electron chi connectivity index (χ2n) is 5.25. The highest BCUT2D eigenvalue weighted by molar-refractivity contribution is 8.12. The molecule has 1 heterocycles. The summed E-state index contributed by atoms with van der Waals surface area (Å²) in [7, 11) is -9.83. The summed E-state index contributed by atoms with van der Waals surface area (Å²) >= 11 is 0. The Morgan fingerprint density at radius 3 is 1.83 bits per heavy atom. The van der Waals surface area contributed by atoms with Crippen LogP contribution in [0, 0.1) is 0 Å². The SMILES string of the molecule is O=S1(=O)c2ccccc2S(=O)(=O)C1(F)[C@@H](O)/C=C/c1ccccc1. The first-order chi connectivity index (χ1) is 11.2. The van der Waals surface area contributed by atoms with Crippen LogP contribution in [0.1, 0.15) is 5.56 Å². The lowest BCUT2D eigenvalue weighted by atomic mass is 10.2. The van der Waals surface area contributed by atoms with E-state index in [4.69, 9.17) is 0 Å². The minimum Gasteiger partial charge on any atom is -0.383 e. The third-order valence-corrected chi connectivity index (χ3v) is 9.05. The van der Waals surface area contributed by atoms with Crippen LogP contribution in [0.3, 0.4) is 0 Å². The monoisotopic (exact) mass is 368 g/mol. The van der Waals surface area contributed by atoms with Crippen LogP contribution in [0.25, 0.3) is 6.08 Å². The summed E-state index contributed by atoms with van der Waals surface area (Å²) in [4.78, 5) is -1.28. The van der Waals surface area contributed by atoms with Crippen molar-refractivity contribution in [3.8, 4) is 0 Å². The number of halogens is 1. The molecule has 0 radical (unpaired) electrons. The van der Waals surface area contributed by atoms with Crippen molar-refractivity contribution >= 4 is 25.8 Å². The van der Waals surface area contributed by atoms with Crippen LogP contribution < -0.4 is 0 Å². The summed E-state index contributed by atoms with van der Waals surface area (Å²) in [6.45, 7) is 0. The van der Waals surface area contributed by atoms with Gasteiger partial charge in [-0.2, -0.15) is 0 Å². The fourth-order valence-electron chi connectivity index (χ4n) is 2.54. The van der Waals surface area contributed by atoms with E-state index in [-0.39, 0.29) is 0 Å². The summed E-state index contributed by atoms with van der Waals surface area (Å²) in [6.07, 6.45) is -0.281. The first kappa shape index (κ1) is 16.8. The van der Waals surface area contributed by atoms with Crippen LogP contribution in [0.15, 0.2) is 70.5 Å². The van der Waals surface area contributed by atoms with Gasteiger partial charge in [0.15, 0.2) is 0 Å². The van der Waals surface area contributed by atoms with Crippen LogP contribution in [0.5, 0.6) is 0 Å². The number of rotatable bonds is 3. The van der Waals surface area contributed by atoms with Gasteiger partial charge >= 0.3 is 4.33 Å². The van der Waals surface area contributed by atoms with E-state index in [1.807, 2.05) is 0 Å². The summed E-state index contributed by atoms with van der Waals surface area (Å²) in [5.41, 5.74) is 0.561. The predicted molar refractivity (Wildman–Crippen MR) is 86.1 cm³/mol. The number of fused-ring (bicyclic) bond motifs is 1. The van der Waals surface area contributed by atoms with Gasteiger partial charge in [0, 0.05) is 0 Å². The van der Waals surface area contributed by atoms with E-state index in [1.165, 1.54) is 18.2 Å². The van der Waals surface area contributed by atoms with Crippen LogP contribution in [-0.2, 0) is 19.7 Å². The molecule has 2 aromatic carbocycles. The molecule has 0 saturated carbocycles.